The maximum Gasteiger partial charge on any atom is 0.314 e. The molecule has 29 heavy (non-hydrogen) atoms. The van der Waals surface area contributed by atoms with Crippen molar-refractivity contribution in [3.8, 4) is 0 Å². The Morgan fingerprint density at radius 3 is 1.52 bits per heavy atom. The van der Waals surface area contributed by atoms with Gasteiger partial charge in [-0.05, 0) is 32.4 Å². The summed E-state index contributed by atoms with van der Waals surface area (Å²) >= 11 is 0. The molecule has 1 rings (SSSR count). The molecular formula is C25H51N3O. The van der Waals surface area contributed by atoms with Crippen molar-refractivity contribution in [3.05, 3.63) is 0 Å². The van der Waals surface area contributed by atoms with Gasteiger partial charge in [0.05, 0.1) is 0 Å². The molecule has 0 bridgehead atoms. The molecule has 0 aromatic carbocycles. The number of nitrogens with one attached hydrogen (secondary N) is 2. The van der Waals surface area contributed by atoms with Gasteiger partial charge in [0.2, 0.25) is 0 Å². The molecule has 172 valence electrons. The van der Waals surface area contributed by atoms with Crippen LogP contribution in [0.5, 0.6) is 0 Å². The molecule has 0 aromatic heterocycles. The van der Waals surface area contributed by atoms with Crippen molar-refractivity contribution in [2.45, 2.75) is 122 Å². The minimum Gasteiger partial charge on any atom is -0.338 e. The third-order valence-corrected chi connectivity index (χ3v) is 6.23. The van der Waals surface area contributed by atoms with Gasteiger partial charge in [-0.1, -0.05) is 103 Å². The molecule has 0 unspecified atom stereocenters. The van der Waals surface area contributed by atoms with Crippen LogP contribution in [0.4, 0.5) is 4.79 Å². The van der Waals surface area contributed by atoms with E-state index in [1.165, 1.54) is 122 Å². The first kappa shape index (κ1) is 26.3. The van der Waals surface area contributed by atoms with Gasteiger partial charge in [-0.25, -0.2) is 4.79 Å². The van der Waals surface area contributed by atoms with Crippen LogP contribution < -0.4 is 10.6 Å². The lowest BCUT2D eigenvalue weighted by Gasteiger charge is -2.14. The Hall–Kier alpha value is -0.770. The molecule has 0 aliphatic carbocycles. The van der Waals surface area contributed by atoms with Gasteiger partial charge in [0.25, 0.3) is 0 Å². The molecule has 1 fully saturated rings. The number of urea groups is 1. The van der Waals surface area contributed by atoms with Gasteiger partial charge in [-0.15, -0.1) is 0 Å². The Bertz CT molecular complexity index is 356. The largest absolute Gasteiger partial charge is 0.338 e. The number of unbranched alkanes of at least 4 members (excludes halogenated alkanes) is 15. The Balaban J connectivity index is 1.69. The standard InChI is InChI=1S/C25H51N3O/c1-2-3-4-5-6-7-8-9-10-11-12-13-14-15-16-17-20-26-25(29)27-21-24-28-22-18-19-23-28/h2-24H2,1H3,(H2,26,27,29). The van der Waals surface area contributed by atoms with Crippen LogP contribution in [0.15, 0.2) is 0 Å². The Labute approximate surface area is 182 Å². The molecule has 0 saturated carbocycles. The van der Waals surface area contributed by atoms with Gasteiger partial charge in [0.15, 0.2) is 0 Å². The van der Waals surface area contributed by atoms with E-state index in [2.05, 4.69) is 22.5 Å². The summed E-state index contributed by atoms with van der Waals surface area (Å²) in [5.41, 5.74) is 0. The van der Waals surface area contributed by atoms with Crippen LogP contribution >= 0.6 is 0 Å². The first-order chi connectivity index (χ1) is 14.3. The van der Waals surface area contributed by atoms with E-state index in [9.17, 15) is 4.79 Å². The van der Waals surface area contributed by atoms with Crippen molar-refractivity contribution in [1.82, 2.24) is 15.5 Å². The first-order valence-corrected chi connectivity index (χ1v) is 13.1. The number of carbonyl (C=O) groups excluding carboxylic acids is 1. The normalized spacial score (nSPS) is 14.4. The highest BCUT2D eigenvalue weighted by atomic mass is 16.2. The molecule has 1 aliphatic heterocycles. The third kappa shape index (κ3) is 17.8. The van der Waals surface area contributed by atoms with Crippen LogP contribution in [-0.2, 0) is 0 Å². The zero-order valence-electron chi connectivity index (χ0n) is 19.6. The van der Waals surface area contributed by atoms with E-state index in [0.717, 1.165) is 26.1 Å². The van der Waals surface area contributed by atoms with Crippen LogP contribution in [0.1, 0.15) is 122 Å². The predicted molar refractivity (Wildman–Crippen MR) is 127 cm³/mol. The summed E-state index contributed by atoms with van der Waals surface area (Å²) in [6.07, 6.45) is 24.8. The molecule has 0 aromatic rings. The van der Waals surface area contributed by atoms with Crippen LogP contribution in [0.3, 0.4) is 0 Å². The summed E-state index contributed by atoms with van der Waals surface area (Å²) in [5, 5.41) is 5.96. The summed E-state index contributed by atoms with van der Waals surface area (Å²) in [6.45, 7) is 7.26. The van der Waals surface area contributed by atoms with Gasteiger partial charge in [-0.2, -0.15) is 0 Å². The van der Waals surface area contributed by atoms with E-state index < -0.39 is 0 Å². The van der Waals surface area contributed by atoms with E-state index >= 15 is 0 Å². The predicted octanol–water partition coefficient (Wildman–Crippen LogP) is 6.64. The van der Waals surface area contributed by atoms with Gasteiger partial charge in [0, 0.05) is 19.6 Å². The quantitative estimate of drug-likeness (QED) is 0.221. The van der Waals surface area contributed by atoms with E-state index in [4.69, 9.17) is 0 Å². The Morgan fingerprint density at radius 1 is 0.621 bits per heavy atom. The van der Waals surface area contributed by atoms with E-state index in [1.54, 1.807) is 0 Å². The average Bonchev–Trinajstić information content (AvgIpc) is 3.24. The summed E-state index contributed by atoms with van der Waals surface area (Å²) in [6, 6.07) is 0.00477. The zero-order chi connectivity index (χ0) is 20.8. The molecule has 0 spiro atoms. The molecule has 4 nitrogen and oxygen atoms in total. The Kier molecular flexibility index (Phi) is 18.6. The topological polar surface area (TPSA) is 44.4 Å². The second kappa shape index (κ2) is 20.5. The van der Waals surface area contributed by atoms with Crippen LogP contribution in [-0.4, -0.2) is 43.7 Å². The van der Waals surface area contributed by atoms with Gasteiger partial charge < -0.3 is 15.5 Å². The molecule has 2 amide bonds. The second-order valence-corrected chi connectivity index (χ2v) is 9.03. The highest BCUT2D eigenvalue weighted by Gasteiger charge is 2.10. The third-order valence-electron chi connectivity index (χ3n) is 6.23. The molecular weight excluding hydrogens is 358 g/mol. The van der Waals surface area contributed by atoms with E-state index in [-0.39, 0.29) is 6.03 Å². The lowest BCUT2D eigenvalue weighted by atomic mass is 10.0. The van der Waals surface area contributed by atoms with Gasteiger partial charge in [-0.3, -0.25) is 0 Å². The van der Waals surface area contributed by atoms with Crippen molar-refractivity contribution in [2.75, 3.05) is 32.7 Å². The minimum absolute atomic E-state index is 0.00477. The molecule has 0 atom stereocenters. The molecule has 2 N–H and O–H groups in total. The number of carbonyl (C=O) groups is 1. The lowest BCUT2D eigenvalue weighted by Crippen LogP contribution is -2.40. The second-order valence-electron chi connectivity index (χ2n) is 9.03. The summed E-state index contributed by atoms with van der Waals surface area (Å²) in [4.78, 5) is 14.2. The average molecular weight is 410 g/mol. The smallest absolute Gasteiger partial charge is 0.314 e. The van der Waals surface area contributed by atoms with Crippen LogP contribution in [0.2, 0.25) is 0 Å². The maximum absolute atomic E-state index is 11.7. The van der Waals surface area contributed by atoms with Crippen molar-refractivity contribution in [3.63, 3.8) is 0 Å². The van der Waals surface area contributed by atoms with Crippen molar-refractivity contribution < 1.29 is 4.79 Å². The minimum atomic E-state index is 0.00477. The fourth-order valence-electron chi connectivity index (χ4n) is 4.27. The maximum atomic E-state index is 11.7. The summed E-state index contributed by atoms with van der Waals surface area (Å²) in [7, 11) is 0. The fraction of sp³-hybridized carbons (Fsp3) is 0.960. The van der Waals surface area contributed by atoms with Crippen molar-refractivity contribution in [1.29, 1.82) is 0 Å². The number of rotatable bonds is 20. The molecule has 4 heteroatoms. The molecule has 0 radical (unpaired) electrons. The highest BCUT2D eigenvalue weighted by Crippen LogP contribution is 2.13. The van der Waals surface area contributed by atoms with E-state index in [0.29, 0.717) is 0 Å². The van der Waals surface area contributed by atoms with Gasteiger partial charge >= 0.3 is 6.03 Å². The van der Waals surface area contributed by atoms with Crippen molar-refractivity contribution in [2.24, 2.45) is 0 Å². The molecule has 1 heterocycles. The summed E-state index contributed by atoms with van der Waals surface area (Å²) in [5.74, 6) is 0. The highest BCUT2D eigenvalue weighted by molar-refractivity contribution is 5.73. The van der Waals surface area contributed by atoms with Crippen molar-refractivity contribution >= 4 is 6.03 Å². The molecule has 1 aliphatic rings. The number of amides is 2. The number of likely N-dealkylation sites (tertiary alicyclic amines) is 1. The SMILES string of the molecule is CCCCCCCCCCCCCCCCCCNC(=O)NCCN1CCCC1. The summed E-state index contributed by atoms with van der Waals surface area (Å²) < 4.78 is 0. The number of hydrogen-bond donors (Lipinski definition) is 2. The number of nitrogens with zero attached hydrogens (tertiary/aromatic N) is 1. The van der Waals surface area contributed by atoms with Gasteiger partial charge in [0.1, 0.15) is 0 Å². The molecule has 1 saturated heterocycles. The number of hydrogen-bond acceptors (Lipinski definition) is 2. The monoisotopic (exact) mass is 409 g/mol. The van der Waals surface area contributed by atoms with E-state index in [1.807, 2.05) is 0 Å². The first-order valence-electron chi connectivity index (χ1n) is 13.1. The van der Waals surface area contributed by atoms with Crippen LogP contribution in [0, 0.1) is 0 Å². The Morgan fingerprint density at radius 2 is 1.03 bits per heavy atom. The zero-order valence-corrected chi connectivity index (χ0v) is 19.6. The lowest BCUT2D eigenvalue weighted by molar-refractivity contribution is 0.238. The van der Waals surface area contributed by atoms with Crippen LogP contribution in [0.25, 0.3) is 0 Å². The fourth-order valence-corrected chi connectivity index (χ4v) is 4.27.